The van der Waals surface area contributed by atoms with Gasteiger partial charge in [0.2, 0.25) is 0 Å². The van der Waals surface area contributed by atoms with E-state index in [4.69, 9.17) is 23.2 Å². The van der Waals surface area contributed by atoms with Crippen LogP contribution in [-0.4, -0.2) is 39.7 Å². The highest BCUT2D eigenvalue weighted by molar-refractivity contribution is 7.94. The number of nitrogens with zero attached hydrogens (tertiary/aromatic N) is 1. The molecule has 0 spiro atoms. The number of hydrogen-bond donors (Lipinski definition) is 1. The zero-order chi connectivity index (χ0) is 22.9. The Morgan fingerprint density at radius 2 is 1.53 bits per heavy atom. The molecule has 7 heteroatoms. The molecule has 4 nitrogen and oxygen atoms in total. The lowest BCUT2D eigenvalue weighted by atomic mass is 9.88. The lowest BCUT2D eigenvalue weighted by molar-refractivity contribution is 0.0923. The van der Waals surface area contributed by atoms with Crippen LogP contribution in [0.5, 0.6) is 0 Å². The van der Waals surface area contributed by atoms with Gasteiger partial charge in [-0.2, -0.15) is 0 Å². The average molecular weight is 489 g/mol. The summed E-state index contributed by atoms with van der Waals surface area (Å²) in [6, 6.07) is 15.7. The molecule has 4 rings (SSSR count). The summed E-state index contributed by atoms with van der Waals surface area (Å²) in [5.74, 6) is -0.0389. The van der Waals surface area contributed by atoms with Crippen molar-refractivity contribution >= 4 is 33.0 Å². The summed E-state index contributed by atoms with van der Waals surface area (Å²) in [7, 11) is -1.49. The van der Waals surface area contributed by atoms with E-state index in [0.29, 0.717) is 34.5 Å². The van der Waals surface area contributed by atoms with Gasteiger partial charge in [0.25, 0.3) is 0 Å². The molecule has 1 fully saturated rings. The number of allylic oxidation sites excluding steroid dienone is 4. The highest BCUT2D eigenvalue weighted by atomic mass is 35.5. The summed E-state index contributed by atoms with van der Waals surface area (Å²) in [5.41, 5.74) is 4.02. The summed E-state index contributed by atoms with van der Waals surface area (Å²) in [6.45, 7) is 1.32. The van der Waals surface area contributed by atoms with Gasteiger partial charge in [-0.05, 0) is 59.5 Å². The van der Waals surface area contributed by atoms with Crippen molar-refractivity contribution in [2.75, 3.05) is 26.4 Å². The van der Waals surface area contributed by atoms with Crippen LogP contribution in [0.1, 0.15) is 23.6 Å². The van der Waals surface area contributed by atoms with Crippen LogP contribution in [-0.2, 0) is 9.84 Å². The molecule has 2 aromatic rings. The molecule has 1 heterocycles. The van der Waals surface area contributed by atoms with Crippen molar-refractivity contribution in [3.05, 3.63) is 104 Å². The van der Waals surface area contributed by atoms with Crippen molar-refractivity contribution in [2.24, 2.45) is 5.92 Å². The van der Waals surface area contributed by atoms with Crippen LogP contribution >= 0.6 is 23.2 Å². The summed E-state index contributed by atoms with van der Waals surface area (Å²) in [5, 5.41) is 4.48. The van der Waals surface area contributed by atoms with E-state index in [-0.39, 0.29) is 12.0 Å². The first-order chi connectivity index (χ1) is 15.3. The highest BCUT2D eigenvalue weighted by Gasteiger charge is 2.39. The molecule has 1 N–H and O–H groups in total. The lowest BCUT2D eigenvalue weighted by Gasteiger charge is -2.46. The van der Waals surface area contributed by atoms with E-state index in [0.717, 1.165) is 22.4 Å². The fourth-order valence-electron chi connectivity index (χ4n) is 4.53. The molecule has 0 bridgehead atoms. The van der Waals surface area contributed by atoms with Gasteiger partial charge in [0.05, 0.1) is 10.9 Å². The summed E-state index contributed by atoms with van der Waals surface area (Å²) in [4.78, 5) is 2.86. The zero-order valence-corrected chi connectivity index (χ0v) is 20.4. The molecule has 32 heavy (non-hydrogen) atoms. The van der Waals surface area contributed by atoms with Crippen LogP contribution in [0.2, 0.25) is 10.0 Å². The first-order valence-electron chi connectivity index (χ1n) is 10.5. The minimum absolute atomic E-state index is 0.00116. The minimum Gasteiger partial charge on any atom is -0.388 e. The summed E-state index contributed by atoms with van der Waals surface area (Å²) < 4.78 is 25.5. The average Bonchev–Trinajstić information content (AvgIpc) is 2.73. The number of benzene rings is 2. The molecule has 0 aromatic heterocycles. The first-order valence-corrected chi connectivity index (χ1v) is 13.1. The van der Waals surface area contributed by atoms with Crippen molar-refractivity contribution in [1.29, 1.82) is 0 Å². The van der Waals surface area contributed by atoms with Gasteiger partial charge in [0, 0.05) is 48.1 Å². The lowest BCUT2D eigenvalue weighted by Crippen LogP contribution is -2.50. The fraction of sp³-hybridized carbons (Fsp3) is 0.280. The maximum Gasteiger partial charge on any atom is 0.172 e. The standard InChI is InChI=1S/C25H26Cl2N2O2S/c1-28-23-5-3-4-19(14-23)25(32(2,30)31)20-15-29(16-20)24(17-6-10-21(26)11-7-17)18-8-12-22(27)13-9-18/h3,5-14,20,24,28H,4,15-16H2,1-2H3. The van der Waals surface area contributed by atoms with Gasteiger partial charge in [-0.15, -0.1) is 0 Å². The minimum atomic E-state index is -3.33. The van der Waals surface area contributed by atoms with Crippen molar-refractivity contribution in [2.45, 2.75) is 12.5 Å². The van der Waals surface area contributed by atoms with Gasteiger partial charge in [-0.3, -0.25) is 4.90 Å². The number of sulfone groups is 1. The largest absolute Gasteiger partial charge is 0.388 e. The third-order valence-corrected chi connectivity index (χ3v) is 7.89. The van der Waals surface area contributed by atoms with Gasteiger partial charge < -0.3 is 5.32 Å². The van der Waals surface area contributed by atoms with E-state index in [1.54, 1.807) is 0 Å². The molecule has 1 saturated heterocycles. The van der Waals surface area contributed by atoms with Crippen molar-refractivity contribution in [3.8, 4) is 0 Å². The summed E-state index contributed by atoms with van der Waals surface area (Å²) in [6.07, 6.45) is 7.89. The molecule has 0 unspecified atom stereocenters. The number of rotatable bonds is 6. The maximum absolute atomic E-state index is 12.8. The van der Waals surface area contributed by atoms with Crippen LogP contribution in [0.3, 0.4) is 0 Å². The fourth-order valence-corrected chi connectivity index (χ4v) is 6.16. The van der Waals surface area contributed by atoms with Crippen molar-refractivity contribution in [1.82, 2.24) is 10.2 Å². The predicted molar refractivity (Wildman–Crippen MR) is 133 cm³/mol. The quantitative estimate of drug-likeness (QED) is 0.592. The van der Waals surface area contributed by atoms with E-state index >= 15 is 0 Å². The van der Waals surface area contributed by atoms with Gasteiger partial charge in [-0.25, -0.2) is 8.42 Å². The van der Waals surface area contributed by atoms with Crippen LogP contribution in [0, 0.1) is 5.92 Å². The molecule has 0 radical (unpaired) electrons. The molecular formula is C25H26Cl2N2O2S. The number of hydrogen-bond acceptors (Lipinski definition) is 4. The Morgan fingerprint density at radius 1 is 1.00 bits per heavy atom. The number of likely N-dealkylation sites (tertiary alicyclic amines) is 1. The third-order valence-electron chi connectivity index (χ3n) is 5.99. The molecule has 168 valence electrons. The molecule has 0 saturated carbocycles. The van der Waals surface area contributed by atoms with Gasteiger partial charge in [-0.1, -0.05) is 53.5 Å². The number of likely N-dealkylation sites (N-methyl/N-ethyl adjacent to an activating group) is 1. The monoisotopic (exact) mass is 488 g/mol. The molecule has 1 aliphatic heterocycles. The van der Waals surface area contributed by atoms with Gasteiger partial charge in [0.15, 0.2) is 9.84 Å². The highest BCUT2D eigenvalue weighted by Crippen LogP contribution is 2.40. The Bertz CT molecular complexity index is 1130. The topological polar surface area (TPSA) is 49.4 Å². The van der Waals surface area contributed by atoms with Crippen LogP contribution in [0.4, 0.5) is 0 Å². The second kappa shape index (κ2) is 9.44. The second-order valence-corrected chi connectivity index (χ2v) is 11.1. The molecule has 2 aromatic carbocycles. The van der Waals surface area contributed by atoms with E-state index in [1.165, 1.54) is 6.26 Å². The molecule has 0 amide bonds. The van der Waals surface area contributed by atoms with E-state index in [9.17, 15) is 8.42 Å². The predicted octanol–water partition coefficient (Wildman–Crippen LogP) is 5.38. The second-order valence-electron chi connectivity index (χ2n) is 8.27. The molecule has 1 aliphatic carbocycles. The Labute approximate surface area is 200 Å². The van der Waals surface area contributed by atoms with Crippen molar-refractivity contribution in [3.63, 3.8) is 0 Å². The van der Waals surface area contributed by atoms with Crippen molar-refractivity contribution < 1.29 is 8.42 Å². The maximum atomic E-state index is 12.8. The summed E-state index contributed by atoms with van der Waals surface area (Å²) >= 11 is 12.2. The Hall–Kier alpha value is -2.05. The Kier molecular flexibility index (Phi) is 6.82. The third kappa shape index (κ3) is 4.96. The number of halogens is 2. The smallest absolute Gasteiger partial charge is 0.172 e. The Morgan fingerprint density at radius 3 is 2.00 bits per heavy atom. The molecular weight excluding hydrogens is 463 g/mol. The van der Waals surface area contributed by atoms with Crippen LogP contribution in [0.15, 0.2) is 82.9 Å². The van der Waals surface area contributed by atoms with Gasteiger partial charge >= 0.3 is 0 Å². The number of nitrogens with one attached hydrogen (secondary N) is 1. The normalized spacial score (nSPS) is 19.0. The van der Waals surface area contributed by atoms with Gasteiger partial charge in [0.1, 0.15) is 0 Å². The van der Waals surface area contributed by atoms with E-state index in [2.05, 4.69) is 10.2 Å². The first kappa shape index (κ1) is 23.1. The molecule has 0 atom stereocenters. The van der Waals surface area contributed by atoms with Crippen LogP contribution in [0.25, 0.3) is 0 Å². The van der Waals surface area contributed by atoms with E-state index in [1.807, 2.05) is 73.8 Å². The van der Waals surface area contributed by atoms with E-state index < -0.39 is 9.84 Å². The molecule has 2 aliphatic rings. The SMILES string of the molecule is CNC1=CC(=C(C2CN(C(c3ccc(Cl)cc3)c3ccc(Cl)cc3)C2)S(C)(=O)=O)CC=C1. The zero-order valence-electron chi connectivity index (χ0n) is 18.1. The Balaban J connectivity index is 1.65. The van der Waals surface area contributed by atoms with Crippen LogP contribution < -0.4 is 5.32 Å².